The van der Waals surface area contributed by atoms with Crippen molar-refractivity contribution >= 4 is 15.6 Å². The van der Waals surface area contributed by atoms with Crippen LogP contribution < -0.4 is 0 Å². The minimum absolute atomic E-state index is 0.0821. The van der Waals surface area contributed by atoms with E-state index in [1.165, 1.54) is 0 Å². The molecule has 0 N–H and O–H groups in total. The fourth-order valence-electron chi connectivity index (χ4n) is 3.69. The van der Waals surface area contributed by atoms with Crippen LogP contribution in [-0.2, 0) is 9.84 Å². The molecule has 0 aliphatic carbocycles. The van der Waals surface area contributed by atoms with Gasteiger partial charge >= 0.3 is 0 Å². The van der Waals surface area contributed by atoms with Crippen LogP contribution in [0.5, 0.6) is 0 Å². The summed E-state index contributed by atoms with van der Waals surface area (Å²) in [5, 5.41) is -0.712. The van der Waals surface area contributed by atoms with E-state index in [1.54, 1.807) is 42.5 Å². The second-order valence-corrected chi connectivity index (χ2v) is 9.51. The van der Waals surface area contributed by atoms with Gasteiger partial charge < -0.3 is 4.90 Å². The van der Waals surface area contributed by atoms with Crippen molar-refractivity contribution < 1.29 is 13.2 Å². The van der Waals surface area contributed by atoms with Gasteiger partial charge in [-0.25, -0.2) is 8.42 Å². The Balaban J connectivity index is 1.95. The summed E-state index contributed by atoms with van der Waals surface area (Å²) >= 11 is 0. The molecule has 0 saturated carbocycles. The molecular weight excluding hydrogens is 346 g/mol. The van der Waals surface area contributed by atoms with Crippen molar-refractivity contribution in [2.45, 2.75) is 24.0 Å². The number of sulfone groups is 1. The number of nitrogens with zero attached hydrogens (tertiary/aromatic N) is 1. The lowest BCUT2D eigenvalue weighted by Crippen LogP contribution is -2.34. The summed E-state index contributed by atoms with van der Waals surface area (Å²) in [6.07, 6.45) is 0. The molecule has 4 nitrogen and oxygen atoms in total. The van der Waals surface area contributed by atoms with Gasteiger partial charge in [0.05, 0.1) is 16.1 Å². The molecule has 5 heteroatoms. The van der Waals surface area contributed by atoms with Crippen molar-refractivity contribution in [3.8, 4) is 0 Å². The van der Waals surface area contributed by atoms with Crippen LogP contribution in [0.1, 0.15) is 24.2 Å². The first-order chi connectivity index (χ1) is 12.4. The number of benzene rings is 2. The zero-order chi connectivity index (χ0) is 18.7. The number of hydrogen-bond acceptors (Lipinski definition) is 4. The first-order valence-electron chi connectivity index (χ1n) is 9.00. The van der Waals surface area contributed by atoms with E-state index >= 15 is 0 Å². The fourth-order valence-corrected chi connectivity index (χ4v) is 5.62. The summed E-state index contributed by atoms with van der Waals surface area (Å²) in [6.45, 7) is 5.89. The number of ketones is 1. The van der Waals surface area contributed by atoms with Gasteiger partial charge in [0.25, 0.3) is 0 Å². The lowest BCUT2D eigenvalue weighted by Gasteiger charge is -2.18. The molecule has 1 aliphatic heterocycles. The molecule has 1 heterocycles. The molecule has 3 rings (SSSR count). The third kappa shape index (κ3) is 3.89. The quantitative estimate of drug-likeness (QED) is 0.731. The molecule has 26 heavy (non-hydrogen) atoms. The predicted molar refractivity (Wildman–Crippen MR) is 103 cm³/mol. The van der Waals surface area contributed by atoms with Crippen LogP contribution in [0.2, 0.25) is 0 Å². The second kappa shape index (κ2) is 7.72. The summed E-state index contributed by atoms with van der Waals surface area (Å²) in [5.41, 5.74) is 0.581. The summed E-state index contributed by atoms with van der Waals surface area (Å²) in [5.74, 6) is -0.205. The highest BCUT2D eigenvalue weighted by Gasteiger charge is 2.45. The van der Waals surface area contributed by atoms with Crippen molar-refractivity contribution in [2.75, 3.05) is 19.6 Å². The molecule has 0 unspecified atom stereocenters. The molecule has 1 fully saturated rings. The van der Waals surface area contributed by atoms with Crippen LogP contribution in [0.4, 0.5) is 0 Å². The van der Waals surface area contributed by atoms with Crippen LogP contribution in [-0.4, -0.2) is 44.0 Å². The van der Waals surface area contributed by atoms with Gasteiger partial charge in [0.15, 0.2) is 15.6 Å². The van der Waals surface area contributed by atoms with Crippen molar-refractivity contribution in [3.63, 3.8) is 0 Å². The zero-order valence-electron chi connectivity index (χ0n) is 15.2. The van der Waals surface area contributed by atoms with Gasteiger partial charge in [-0.15, -0.1) is 0 Å². The predicted octanol–water partition coefficient (Wildman–Crippen LogP) is 3.30. The van der Waals surface area contributed by atoms with Crippen LogP contribution >= 0.6 is 0 Å². The molecule has 0 spiro atoms. The third-order valence-corrected chi connectivity index (χ3v) is 7.03. The van der Waals surface area contributed by atoms with Crippen LogP contribution in [0, 0.1) is 11.8 Å². The van der Waals surface area contributed by atoms with E-state index in [2.05, 4.69) is 18.7 Å². The SMILES string of the molecule is CC(C)CN1C[C@@H](S(=O)(=O)c2ccccc2)[C@H](C(=O)c2ccccc2)C1. The fraction of sp³-hybridized carbons (Fsp3) is 0.381. The van der Waals surface area contributed by atoms with Gasteiger partial charge in [0, 0.05) is 25.2 Å². The topological polar surface area (TPSA) is 54.5 Å². The maximum atomic E-state index is 13.2. The Labute approximate surface area is 155 Å². The van der Waals surface area contributed by atoms with E-state index < -0.39 is 21.0 Å². The normalized spacial score (nSPS) is 21.2. The average molecular weight is 372 g/mol. The van der Waals surface area contributed by atoms with Gasteiger partial charge in [0.1, 0.15) is 0 Å². The lowest BCUT2D eigenvalue weighted by molar-refractivity contribution is 0.0922. The van der Waals surface area contributed by atoms with Gasteiger partial charge in [-0.2, -0.15) is 0 Å². The van der Waals surface area contributed by atoms with E-state index in [0.717, 1.165) is 6.54 Å². The highest BCUT2D eigenvalue weighted by atomic mass is 32.2. The summed E-state index contributed by atoms with van der Waals surface area (Å²) < 4.78 is 26.5. The van der Waals surface area contributed by atoms with E-state index in [-0.39, 0.29) is 5.78 Å². The summed E-state index contributed by atoms with van der Waals surface area (Å²) in [7, 11) is -3.57. The Hall–Kier alpha value is -1.98. The highest BCUT2D eigenvalue weighted by molar-refractivity contribution is 7.92. The van der Waals surface area contributed by atoms with Crippen LogP contribution in [0.25, 0.3) is 0 Å². The number of carbonyl (C=O) groups is 1. The lowest BCUT2D eigenvalue weighted by atomic mass is 9.96. The minimum Gasteiger partial charge on any atom is -0.301 e. The molecule has 0 aromatic heterocycles. The van der Waals surface area contributed by atoms with Crippen molar-refractivity contribution in [1.82, 2.24) is 4.90 Å². The standard InChI is InChI=1S/C21H25NO3S/c1-16(2)13-22-14-19(21(23)17-9-5-3-6-10-17)20(15-22)26(24,25)18-11-7-4-8-12-18/h3-12,16,19-20H,13-15H2,1-2H3/t19-,20-/m1/s1. The molecule has 2 aromatic carbocycles. The Bertz CT molecular complexity index is 847. The van der Waals surface area contributed by atoms with Gasteiger partial charge in [-0.05, 0) is 18.1 Å². The Morgan fingerprint density at radius 2 is 1.58 bits per heavy atom. The molecule has 2 aromatic rings. The third-order valence-electron chi connectivity index (χ3n) is 4.83. The van der Waals surface area contributed by atoms with Crippen molar-refractivity contribution in [2.24, 2.45) is 11.8 Å². The molecule has 1 saturated heterocycles. The smallest absolute Gasteiger partial charge is 0.183 e. The maximum Gasteiger partial charge on any atom is 0.183 e. The van der Waals surface area contributed by atoms with E-state index in [4.69, 9.17) is 0 Å². The molecular formula is C21H25NO3S. The largest absolute Gasteiger partial charge is 0.301 e. The highest BCUT2D eigenvalue weighted by Crippen LogP contribution is 2.31. The van der Waals surface area contributed by atoms with Gasteiger partial charge in [-0.3, -0.25) is 4.79 Å². The van der Waals surface area contributed by atoms with Crippen LogP contribution in [0.15, 0.2) is 65.6 Å². The van der Waals surface area contributed by atoms with Crippen molar-refractivity contribution in [3.05, 3.63) is 66.2 Å². The number of hydrogen-bond donors (Lipinski definition) is 0. The average Bonchev–Trinajstić information content (AvgIpc) is 3.06. The molecule has 2 atom stereocenters. The Morgan fingerprint density at radius 3 is 2.15 bits per heavy atom. The van der Waals surface area contributed by atoms with Crippen LogP contribution in [0.3, 0.4) is 0 Å². The minimum atomic E-state index is -3.57. The number of rotatable bonds is 6. The molecule has 0 bridgehead atoms. The first-order valence-corrected chi connectivity index (χ1v) is 10.5. The number of likely N-dealkylation sites (tertiary alicyclic amines) is 1. The van der Waals surface area contributed by atoms with Gasteiger partial charge in [-0.1, -0.05) is 62.4 Å². The molecule has 0 radical (unpaired) electrons. The van der Waals surface area contributed by atoms with Gasteiger partial charge in [0.2, 0.25) is 0 Å². The zero-order valence-corrected chi connectivity index (χ0v) is 16.0. The molecule has 0 amide bonds. The Kier molecular flexibility index (Phi) is 5.58. The Morgan fingerprint density at radius 1 is 1.00 bits per heavy atom. The number of Topliss-reactive ketones (excluding diaryl/α,β-unsaturated/α-hetero) is 1. The first kappa shape index (κ1) is 18.8. The van der Waals surface area contributed by atoms with E-state index in [1.807, 2.05) is 18.2 Å². The maximum absolute atomic E-state index is 13.2. The second-order valence-electron chi connectivity index (χ2n) is 7.35. The monoisotopic (exact) mass is 371 g/mol. The van der Waals surface area contributed by atoms with Crippen molar-refractivity contribution in [1.29, 1.82) is 0 Å². The summed E-state index contributed by atoms with van der Waals surface area (Å²) in [4.78, 5) is 15.5. The van der Waals surface area contributed by atoms with E-state index in [0.29, 0.717) is 29.5 Å². The molecule has 138 valence electrons. The summed E-state index contributed by atoms with van der Waals surface area (Å²) in [6, 6.07) is 17.5. The van der Waals surface area contributed by atoms with E-state index in [9.17, 15) is 13.2 Å². The molecule has 1 aliphatic rings. The number of carbonyl (C=O) groups excluding carboxylic acids is 1.